The number of ether oxygens (including phenoxy) is 2. The maximum Gasteiger partial charge on any atom is 0.257 e. The van der Waals surface area contributed by atoms with Gasteiger partial charge >= 0.3 is 0 Å². The van der Waals surface area contributed by atoms with E-state index >= 15 is 0 Å². The van der Waals surface area contributed by atoms with Gasteiger partial charge in [-0.2, -0.15) is 0 Å². The summed E-state index contributed by atoms with van der Waals surface area (Å²) < 4.78 is 27.2. The Kier molecular flexibility index (Phi) is 13.9. The van der Waals surface area contributed by atoms with Crippen molar-refractivity contribution in [3.8, 4) is 16.2 Å². The Morgan fingerprint density at radius 1 is 1.03 bits per heavy atom. The van der Waals surface area contributed by atoms with Gasteiger partial charge in [-0.05, 0) is 74.6 Å². The number of halogens is 1. The number of carbonyl (C=O) groups excluding carboxylic acids is 4. The number of unbranched alkanes of at least 4 members (excludes halogenated alkanes) is 1. The summed E-state index contributed by atoms with van der Waals surface area (Å²) in [5.74, 6) is -2.24. The third kappa shape index (κ3) is 10.3. The molecule has 4 amide bonds. The number of rotatable bonds is 15. The van der Waals surface area contributed by atoms with Crippen LogP contribution in [-0.2, 0) is 23.9 Å². The third-order valence-electron chi connectivity index (χ3n) is 11.7. The van der Waals surface area contributed by atoms with Crippen molar-refractivity contribution < 1.29 is 38.1 Å². The Morgan fingerprint density at radius 2 is 1.77 bits per heavy atom. The van der Waals surface area contributed by atoms with Crippen molar-refractivity contribution in [1.29, 1.82) is 0 Å². The predicted molar refractivity (Wildman–Crippen MR) is 233 cm³/mol. The van der Waals surface area contributed by atoms with Crippen molar-refractivity contribution in [1.82, 2.24) is 30.8 Å². The van der Waals surface area contributed by atoms with Crippen LogP contribution in [0.1, 0.15) is 89.9 Å². The number of thiazole rings is 2. The number of carbonyl (C=O) groups is 4. The number of aliphatic hydroxyl groups excluding tert-OH is 1. The molecule has 0 spiro atoms. The first-order valence-corrected chi connectivity index (χ1v) is 22.8. The van der Waals surface area contributed by atoms with Crippen LogP contribution in [0, 0.1) is 18.2 Å². The van der Waals surface area contributed by atoms with Gasteiger partial charge in [0.25, 0.3) is 5.91 Å². The Morgan fingerprint density at radius 3 is 2.46 bits per heavy atom. The molecule has 2 bridgehead atoms. The number of piperidine rings is 1. The molecule has 2 aromatic carbocycles. The van der Waals surface area contributed by atoms with Crippen molar-refractivity contribution in [3.63, 3.8) is 0 Å². The second-order valence-corrected chi connectivity index (χ2v) is 19.2. The minimum absolute atomic E-state index is 0.0259. The molecule has 0 saturated carbocycles. The summed E-state index contributed by atoms with van der Waals surface area (Å²) in [4.78, 5) is 67.5. The second kappa shape index (κ2) is 19.1. The molecule has 2 aromatic heterocycles. The first-order chi connectivity index (χ1) is 29.2. The van der Waals surface area contributed by atoms with E-state index in [1.54, 1.807) is 17.4 Å². The molecule has 0 aliphatic carbocycles. The summed E-state index contributed by atoms with van der Waals surface area (Å²) in [5, 5.41) is 20.1. The lowest BCUT2D eigenvalue weighted by Crippen LogP contribution is -2.57. The van der Waals surface area contributed by atoms with Gasteiger partial charge in [0.1, 0.15) is 17.6 Å². The molecule has 4 N–H and O–H groups in total. The number of morpholine rings is 1. The summed E-state index contributed by atoms with van der Waals surface area (Å²) in [6.45, 7) is 10.5. The molecule has 328 valence electrons. The molecule has 7 rings (SSSR count). The molecule has 3 aliphatic rings. The number of fused-ring (bicyclic) bond motifs is 3. The zero-order valence-corrected chi connectivity index (χ0v) is 37.0. The van der Waals surface area contributed by atoms with Crippen molar-refractivity contribution in [2.24, 2.45) is 5.41 Å². The zero-order valence-electron chi connectivity index (χ0n) is 35.4. The Hall–Kier alpha value is -4.71. The van der Waals surface area contributed by atoms with Crippen LogP contribution < -0.4 is 25.6 Å². The molecule has 17 heteroatoms. The summed E-state index contributed by atoms with van der Waals surface area (Å²) in [6.07, 6.45) is 3.38. The molecule has 3 saturated heterocycles. The number of aliphatic hydroxyl groups is 1. The van der Waals surface area contributed by atoms with E-state index in [0.29, 0.717) is 31.6 Å². The van der Waals surface area contributed by atoms with Gasteiger partial charge in [-0.1, -0.05) is 56.4 Å². The highest BCUT2D eigenvalue weighted by atomic mass is 32.1. The summed E-state index contributed by atoms with van der Waals surface area (Å²) in [6, 6.07) is 9.18. The fraction of sp³-hybridized carbons (Fsp3) is 0.545. The van der Waals surface area contributed by atoms with E-state index in [2.05, 4.69) is 25.8 Å². The number of hydrogen-bond acceptors (Lipinski definition) is 12. The molecule has 5 heterocycles. The van der Waals surface area contributed by atoms with Crippen LogP contribution in [0.15, 0.2) is 41.9 Å². The molecule has 14 nitrogen and oxygen atoms in total. The number of β-amino-alcohol motifs (C(OH)–C–C–N with tert-alkyl or cyclic N) is 1. The maximum atomic E-state index is 15.0. The van der Waals surface area contributed by atoms with Crippen molar-refractivity contribution >= 4 is 61.7 Å². The van der Waals surface area contributed by atoms with E-state index in [-0.39, 0.29) is 61.6 Å². The molecule has 4 aromatic rings. The SMILES string of the molecule is Cc1ncsc1-c1ccc([C@H](C)NC(=O)[C@@H]2C[C@@H](O)CN2C(=O)[C@@H](NC(=O)CCCCNC(=O)COc2c(F)ccc3sc(N4C5CCCC4COC5)nc23)C(C)(C)C)cc1. The Bertz CT molecular complexity index is 2190. The second-order valence-electron chi connectivity index (χ2n) is 17.4. The highest BCUT2D eigenvalue weighted by molar-refractivity contribution is 7.22. The third-order valence-corrected chi connectivity index (χ3v) is 13.7. The van der Waals surface area contributed by atoms with Gasteiger partial charge in [0.15, 0.2) is 23.3 Å². The minimum atomic E-state index is -0.954. The lowest BCUT2D eigenvalue weighted by atomic mass is 9.85. The number of aryl methyl sites for hydroxylation is 1. The number of anilines is 1. The van der Waals surface area contributed by atoms with Crippen molar-refractivity contribution in [3.05, 3.63) is 59.0 Å². The number of nitrogens with one attached hydrogen (secondary N) is 3. The topological polar surface area (TPSA) is 175 Å². The molecular weight excluding hydrogens is 822 g/mol. The van der Waals surface area contributed by atoms with Crippen LogP contribution in [0.25, 0.3) is 20.7 Å². The van der Waals surface area contributed by atoms with E-state index in [9.17, 15) is 28.7 Å². The first kappa shape index (κ1) is 44.3. The zero-order chi connectivity index (χ0) is 43.4. The number of nitrogens with zero attached hydrogens (tertiary/aromatic N) is 4. The van der Waals surface area contributed by atoms with Gasteiger partial charge in [-0.25, -0.2) is 14.4 Å². The Balaban J connectivity index is 0.867. The molecular formula is C44H56FN7O7S2. The van der Waals surface area contributed by atoms with Crippen LogP contribution in [0.5, 0.6) is 5.75 Å². The van der Waals surface area contributed by atoms with Gasteiger partial charge in [0, 0.05) is 25.9 Å². The smallest absolute Gasteiger partial charge is 0.257 e. The number of amides is 4. The summed E-state index contributed by atoms with van der Waals surface area (Å²) >= 11 is 3.05. The van der Waals surface area contributed by atoms with Gasteiger partial charge in [-0.15, -0.1) is 11.3 Å². The van der Waals surface area contributed by atoms with Crippen molar-refractivity contribution in [2.75, 3.05) is 37.8 Å². The van der Waals surface area contributed by atoms with Crippen LogP contribution in [0.4, 0.5) is 9.52 Å². The highest BCUT2D eigenvalue weighted by Crippen LogP contribution is 2.40. The van der Waals surface area contributed by atoms with Gasteiger partial charge < -0.3 is 40.3 Å². The van der Waals surface area contributed by atoms with Crippen LogP contribution in [0.2, 0.25) is 0 Å². The number of aromatic nitrogens is 2. The van der Waals surface area contributed by atoms with E-state index in [1.165, 1.54) is 22.3 Å². The number of hydrogen-bond donors (Lipinski definition) is 4. The predicted octanol–water partition coefficient (Wildman–Crippen LogP) is 5.66. The Labute approximate surface area is 363 Å². The summed E-state index contributed by atoms with van der Waals surface area (Å²) in [7, 11) is 0. The van der Waals surface area contributed by atoms with E-state index < -0.39 is 47.8 Å². The number of benzene rings is 2. The standard InChI is InChI=1S/C44H56FN7O7S2/c1-25(27-12-14-28(15-13-27)39-26(2)47-24-60-39)48-41(56)33-19-31(53)20-51(33)42(57)40(44(3,4)5)49-35(54)11-6-7-18-46-36(55)23-59-38-32(45)16-17-34-37(38)50-43(61-34)52-29-9-8-10-30(52)22-58-21-29/h12-17,24-25,29-31,33,40,53H,6-11,18-23H2,1-5H3,(H,46,55)(H,48,56)(H,49,54)/t25-,29?,30?,31+,33-,40+/m0/s1. The fourth-order valence-electron chi connectivity index (χ4n) is 8.40. The molecule has 3 aliphatic heterocycles. The van der Waals surface area contributed by atoms with Crippen molar-refractivity contribution in [2.45, 2.75) is 116 Å². The average molecular weight is 878 g/mol. The first-order valence-electron chi connectivity index (χ1n) is 21.1. The van der Waals surface area contributed by atoms with Crippen LogP contribution in [-0.4, -0.2) is 107 Å². The molecule has 0 radical (unpaired) electrons. The van der Waals surface area contributed by atoms with E-state index in [4.69, 9.17) is 14.5 Å². The van der Waals surface area contributed by atoms with Crippen LogP contribution >= 0.6 is 22.7 Å². The fourth-order valence-corrected chi connectivity index (χ4v) is 10.3. The lowest BCUT2D eigenvalue weighted by molar-refractivity contribution is -0.144. The highest BCUT2D eigenvalue weighted by Gasteiger charge is 2.45. The molecule has 61 heavy (non-hydrogen) atoms. The largest absolute Gasteiger partial charge is 0.478 e. The molecule has 3 fully saturated rings. The van der Waals surface area contributed by atoms with Gasteiger partial charge in [0.2, 0.25) is 17.7 Å². The van der Waals surface area contributed by atoms with E-state index in [0.717, 1.165) is 50.8 Å². The summed E-state index contributed by atoms with van der Waals surface area (Å²) in [5.41, 5.74) is 4.39. The van der Waals surface area contributed by atoms with E-state index in [1.807, 2.05) is 64.4 Å². The molecule has 6 atom stereocenters. The van der Waals surface area contributed by atoms with Gasteiger partial charge in [-0.3, -0.25) is 19.2 Å². The van der Waals surface area contributed by atoms with Crippen LogP contribution in [0.3, 0.4) is 0 Å². The number of likely N-dealkylation sites (tertiary alicyclic amines) is 1. The monoisotopic (exact) mass is 877 g/mol. The average Bonchev–Trinajstić information content (AvgIpc) is 3.96. The quantitative estimate of drug-likeness (QED) is 0.109. The lowest BCUT2D eigenvalue weighted by Gasteiger charge is -2.45. The van der Waals surface area contributed by atoms with Gasteiger partial charge in [0.05, 0.1) is 58.2 Å². The normalized spacial score (nSPS) is 21.2. The maximum absolute atomic E-state index is 15.0. The molecule has 2 unspecified atom stereocenters. The minimum Gasteiger partial charge on any atom is -0.478 e.